The van der Waals surface area contributed by atoms with E-state index in [1.165, 1.54) is 5.39 Å². The quantitative estimate of drug-likeness (QED) is 0.791. The van der Waals surface area contributed by atoms with Crippen LogP contribution in [0.3, 0.4) is 0 Å². The van der Waals surface area contributed by atoms with Crippen LogP contribution in [0.1, 0.15) is 26.5 Å². The van der Waals surface area contributed by atoms with Gasteiger partial charge in [0.25, 0.3) is 0 Å². The van der Waals surface area contributed by atoms with Crippen molar-refractivity contribution in [2.75, 3.05) is 12.4 Å². The van der Waals surface area contributed by atoms with Crippen LogP contribution in [0.15, 0.2) is 30.3 Å². The molecule has 1 heterocycles. The maximum atomic E-state index is 9.83. The van der Waals surface area contributed by atoms with Gasteiger partial charge in [0.2, 0.25) is 0 Å². The fraction of sp³-hybridized carbons (Fsp3) is 0.375. The Balaban J connectivity index is 0.000000258. The van der Waals surface area contributed by atoms with Gasteiger partial charge in [-0.25, -0.2) is 0 Å². The summed E-state index contributed by atoms with van der Waals surface area (Å²) in [5, 5.41) is 4.31. The lowest BCUT2D eigenvalue weighted by molar-refractivity contribution is -0.113. The molecule has 0 aliphatic rings. The van der Waals surface area contributed by atoms with Gasteiger partial charge in [-0.05, 0) is 19.1 Å². The number of anilines is 1. The molecule has 0 fully saturated rings. The number of nitrogens with one attached hydrogen (secondary N) is 1. The van der Waals surface area contributed by atoms with Gasteiger partial charge in [-0.1, -0.05) is 39.0 Å². The first-order valence-corrected chi connectivity index (χ1v) is 6.38. The van der Waals surface area contributed by atoms with Crippen molar-refractivity contribution in [1.82, 2.24) is 4.98 Å². The zero-order valence-electron chi connectivity index (χ0n) is 12.3. The van der Waals surface area contributed by atoms with E-state index in [1.54, 1.807) is 0 Å². The molecule has 0 unspecified atom stereocenters. The molecule has 0 atom stereocenters. The molecule has 1 aromatic heterocycles. The molecule has 3 heteroatoms. The number of nitrogens with zero attached hydrogens (tertiary/aromatic N) is 1. The zero-order chi connectivity index (χ0) is 14.5. The molecule has 0 bridgehead atoms. The van der Waals surface area contributed by atoms with Crippen molar-refractivity contribution in [3.8, 4) is 0 Å². The van der Waals surface area contributed by atoms with Crippen molar-refractivity contribution in [3.63, 3.8) is 0 Å². The first-order chi connectivity index (χ1) is 8.87. The van der Waals surface area contributed by atoms with Gasteiger partial charge >= 0.3 is 0 Å². The minimum Gasteiger partial charge on any atom is -0.386 e. The summed E-state index contributed by atoms with van der Waals surface area (Å²) in [7, 11) is 1.92. The van der Waals surface area contributed by atoms with E-state index < -0.39 is 0 Å². The number of rotatable bonds is 1. The maximum Gasteiger partial charge on any atom is 0.125 e. The number of pyridine rings is 1. The summed E-state index contributed by atoms with van der Waals surface area (Å²) in [6.07, 6.45) is 0.938. The van der Waals surface area contributed by atoms with Gasteiger partial charge in [0.05, 0.1) is 11.2 Å². The van der Waals surface area contributed by atoms with Crippen LogP contribution in [-0.4, -0.2) is 18.3 Å². The molecule has 2 rings (SSSR count). The molecule has 102 valence electrons. The van der Waals surface area contributed by atoms with E-state index in [9.17, 15) is 4.79 Å². The van der Waals surface area contributed by atoms with Gasteiger partial charge in [0.1, 0.15) is 6.29 Å². The van der Waals surface area contributed by atoms with E-state index in [2.05, 4.69) is 22.4 Å². The average molecular weight is 258 g/mol. The van der Waals surface area contributed by atoms with Crippen LogP contribution in [0.5, 0.6) is 0 Å². The van der Waals surface area contributed by atoms with E-state index in [0.717, 1.165) is 23.2 Å². The summed E-state index contributed by atoms with van der Waals surface area (Å²) in [5.41, 5.74) is 3.04. The molecule has 0 radical (unpaired) electrons. The molecule has 0 amide bonds. The molecule has 0 aliphatic carbocycles. The van der Waals surface area contributed by atoms with Crippen LogP contribution < -0.4 is 5.32 Å². The highest BCUT2D eigenvalue weighted by Gasteiger charge is 2.04. The van der Waals surface area contributed by atoms with E-state index in [0.29, 0.717) is 0 Å². The Hall–Kier alpha value is -1.90. The van der Waals surface area contributed by atoms with Crippen LogP contribution in [0.4, 0.5) is 5.69 Å². The highest BCUT2D eigenvalue weighted by atomic mass is 16.1. The van der Waals surface area contributed by atoms with E-state index in [-0.39, 0.29) is 5.41 Å². The molecule has 1 N–H and O–H groups in total. The Morgan fingerprint density at radius 2 is 1.79 bits per heavy atom. The van der Waals surface area contributed by atoms with Gasteiger partial charge in [-0.3, -0.25) is 4.98 Å². The highest BCUT2D eigenvalue weighted by Crippen LogP contribution is 2.20. The third-order valence-electron chi connectivity index (χ3n) is 2.48. The standard InChI is InChI=1S/C11H12N2.C5H10O/c1-8-6-7-9-4-3-5-10(12-2)11(9)13-8;1-5(2,3)4-6/h3-7,12H,1-2H3;4H,1-3H3. The van der Waals surface area contributed by atoms with Gasteiger partial charge in [0, 0.05) is 23.5 Å². The maximum absolute atomic E-state index is 9.83. The first kappa shape index (κ1) is 15.2. The van der Waals surface area contributed by atoms with Gasteiger partial charge in [-0.15, -0.1) is 0 Å². The molecule has 1 aromatic carbocycles. The predicted molar refractivity (Wildman–Crippen MR) is 81.5 cm³/mol. The number of carbonyl (C=O) groups is 1. The number of fused-ring (bicyclic) bond motifs is 1. The molecular weight excluding hydrogens is 236 g/mol. The molecule has 3 nitrogen and oxygen atoms in total. The largest absolute Gasteiger partial charge is 0.386 e. The van der Waals surface area contributed by atoms with Crippen LogP contribution in [0, 0.1) is 12.3 Å². The van der Waals surface area contributed by atoms with Crippen molar-refractivity contribution in [1.29, 1.82) is 0 Å². The predicted octanol–water partition coefficient (Wildman–Crippen LogP) is 3.82. The van der Waals surface area contributed by atoms with Crippen LogP contribution >= 0.6 is 0 Å². The fourth-order valence-corrected chi connectivity index (χ4v) is 1.45. The molecule has 0 saturated heterocycles. The molecule has 0 saturated carbocycles. The van der Waals surface area contributed by atoms with Crippen molar-refractivity contribution < 1.29 is 4.79 Å². The molecule has 0 spiro atoms. The molecular formula is C16H22N2O. The Morgan fingerprint density at radius 3 is 2.32 bits per heavy atom. The third kappa shape index (κ3) is 4.70. The van der Waals surface area contributed by atoms with Crippen molar-refractivity contribution in [2.24, 2.45) is 5.41 Å². The summed E-state index contributed by atoms with van der Waals surface area (Å²) in [6.45, 7) is 7.63. The fourth-order valence-electron chi connectivity index (χ4n) is 1.45. The summed E-state index contributed by atoms with van der Waals surface area (Å²) in [6, 6.07) is 10.3. The number of hydrogen-bond acceptors (Lipinski definition) is 3. The zero-order valence-corrected chi connectivity index (χ0v) is 12.3. The molecule has 2 aromatic rings. The second-order valence-corrected chi connectivity index (χ2v) is 5.56. The number of aldehydes is 1. The Bertz CT molecular complexity index is 556. The Kier molecular flexibility index (Phi) is 5.04. The first-order valence-electron chi connectivity index (χ1n) is 6.38. The number of carbonyl (C=O) groups excluding carboxylic acids is 1. The summed E-state index contributed by atoms with van der Waals surface area (Å²) in [5.74, 6) is 0. The SMILES string of the molecule is CC(C)(C)C=O.CNc1cccc2ccc(C)nc12. The summed E-state index contributed by atoms with van der Waals surface area (Å²) < 4.78 is 0. The normalized spacial score (nSPS) is 10.6. The number of aryl methyl sites for hydroxylation is 1. The van der Waals surface area contributed by atoms with E-state index in [1.807, 2.05) is 52.9 Å². The number of aromatic nitrogens is 1. The minimum atomic E-state index is -0.139. The lowest BCUT2D eigenvalue weighted by Gasteiger charge is -2.04. The average Bonchev–Trinajstić information content (AvgIpc) is 2.38. The lowest BCUT2D eigenvalue weighted by atomic mass is 10.0. The summed E-state index contributed by atoms with van der Waals surface area (Å²) in [4.78, 5) is 14.3. The highest BCUT2D eigenvalue weighted by molar-refractivity contribution is 5.90. The number of benzene rings is 1. The van der Waals surface area contributed by atoms with Gasteiger partial charge < -0.3 is 10.1 Å². The molecule has 19 heavy (non-hydrogen) atoms. The van der Waals surface area contributed by atoms with Gasteiger partial charge in [-0.2, -0.15) is 0 Å². The monoisotopic (exact) mass is 258 g/mol. The summed E-state index contributed by atoms with van der Waals surface area (Å²) >= 11 is 0. The smallest absolute Gasteiger partial charge is 0.125 e. The number of hydrogen-bond donors (Lipinski definition) is 1. The van der Waals surface area contributed by atoms with Crippen LogP contribution in [-0.2, 0) is 4.79 Å². The Labute approximate surface area is 115 Å². The van der Waals surface area contributed by atoms with Crippen LogP contribution in [0.2, 0.25) is 0 Å². The lowest BCUT2D eigenvalue weighted by Crippen LogP contribution is -2.04. The molecule has 0 aliphatic heterocycles. The van der Waals surface area contributed by atoms with Crippen molar-refractivity contribution >= 4 is 22.9 Å². The number of para-hydroxylation sites is 1. The second-order valence-electron chi connectivity index (χ2n) is 5.56. The van der Waals surface area contributed by atoms with E-state index >= 15 is 0 Å². The Morgan fingerprint density at radius 1 is 1.16 bits per heavy atom. The third-order valence-corrected chi connectivity index (χ3v) is 2.48. The second kappa shape index (κ2) is 6.32. The minimum absolute atomic E-state index is 0.139. The van der Waals surface area contributed by atoms with E-state index in [4.69, 9.17) is 0 Å². The van der Waals surface area contributed by atoms with Crippen molar-refractivity contribution in [3.05, 3.63) is 36.0 Å². The van der Waals surface area contributed by atoms with Crippen LogP contribution in [0.25, 0.3) is 10.9 Å². The van der Waals surface area contributed by atoms with Crippen molar-refractivity contribution in [2.45, 2.75) is 27.7 Å². The van der Waals surface area contributed by atoms with Gasteiger partial charge in [0.15, 0.2) is 0 Å². The topological polar surface area (TPSA) is 42.0 Å².